The van der Waals surface area contributed by atoms with Crippen LogP contribution in [0.1, 0.15) is 0 Å². The van der Waals surface area contributed by atoms with Gasteiger partial charge in [0.05, 0.1) is 16.6 Å². The van der Waals surface area contributed by atoms with E-state index in [9.17, 15) is 0 Å². The fraction of sp³-hybridized carbons (Fsp3) is 0. The molecule has 0 atom stereocenters. The van der Waals surface area contributed by atoms with E-state index in [1.54, 1.807) is 0 Å². The Hall–Kier alpha value is -5.81. The van der Waals surface area contributed by atoms with Crippen molar-refractivity contribution in [3.8, 4) is 45.3 Å². The summed E-state index contributed by atoms with van der Waals surface area (Å²) in [5.41, 5.74) is 7.71. The van der Waals surface area contributed by atoms with Gasteiger partial charge >= 0.3 is 0 Å². The van der Waals surface area contributed by atoms with Crippen LogP contribution in [-0.4, -0.2) is 24.9 Å². The van der Waals surface area contributed by atoms with E-state index in [1.807, 2.05) is 91.1 Å². The van der Waals surface area contributed by atoms with Gasteiger partial charge in [-0.15, -0.1) is 0 Å². The van der Waals surface area contributed by atoms with E-state index < -0.39 is 0 Å². The van der Waals surface area contributed by atoms with Crippen LogP contribution >= 0.6 is 0 Å². The van der Waals surface area contributed by atoms with Crippen molar-refractivity contribution in [2.24, 2.45) is 0 Å². The van der Waals surface area contributed by atoms with Gasteiger partial charge in [0.1, 0.15) is 0 Å². The van der Waals surface area contributed by atoms with Crippen LogP contribution < -0.4 is 0 Å². The summed E-state index contributed by atoms with van der Waals surface area (Å²) in [6, 6.07) is 45.2. The Morgan fingerprint density at radius 2 is 1.00 bits per heavy atom. The van der Waals surface area contributed by atoms with Crippen molar-refractivity contribution in [3.63, 3.8) is 0 Å². The number of hydrogen-bond donors (Lipinski definition) is 0. The molecule has 5 nitrogen and oxygen atoms in total. The maximum atomic E-state index is 4.99. The molecule has 0 N–H and O–H groups in total. The van der Waals surface area contributed by atoms with Crippen molar-refractivity contribution < 1.29 is 0 Å². The van der Waals surface area contributed by atoms with Crippen LogP contribution in [-0.2, 0) is 0 Å². The maximum Gasteiger partial charge on any atom is 0.164 e. The molecule has 0 unspecified atom stereocenters. The summed E-state index contributed by atoms with van der Waals surface area (Å²) in [6.45, 7) is 0. The van der Waals surface area contributed by atoms with Gasteiger partial charge in [-0.1, -0.05) is 103 Å². The molecule has 0 aliphatic heterocycles. The van der Waals surface area contributed by atoms with Crippen LogP contribution in [0.5, 0.6) is 0 Å². The second-order valence-electron chi connectivity index (χ2n) is 10.2. The zero-order chi connectivity index (χ0) is 27.9. The highest BCUT2D eigenvalue weighted by atomic mass is 15.0. The van der Waals surface area contributed by atoms with Gasteiger partial charge in [-0.3, -0.25) is 4.98 Å². The first kappa shape index (κ1) is 24.0. The molecule has 196 valence electrons. The molecular formula is C37H23N5. The molecule has 0 bridgehead atoms. The van der Waals surface area contributed by atoms with E-state index in [2.05, 4.69) is 48.5 Å². The zero-order valence-electron chi connectivity index (χ0n) is 22.5. The van der Waals surface area contributed by atoms with Crippen LogP contribution in [0.3, 0.4) is 0 Å². The number of rotatable bonds is 4. The Morgan fingerprint density at radius 1 is 0.381 bits per heavy atom. The first-order chi connectivity index (χ1) is 20.8. The second kappa shape index (κ2) is 9.98. The fourth-order valence-electron chi connectivity index (χ4n) is 5.48. The smallest absolute Gasteiger partial charge is 0.164 e. The minimum absolute atomic E-state index is 0.625. The van der Waals surface area contributed by atoms with Gasteiger partial charge in [0.15, 0.2) is 17.5 Å². The van der Waals surface area contributed by atoms with E-state index in [0.29, 0.717) is 17.5 Å². The standard InChI is InChI=1S/C37H23N5/c1-3-11-24(12-4-1)35-40-36(25-13-5-2-6-14-25)42-37(41-35)28-17-9-16-26(21-28)31-23-29-22-27-15-7-8-19-32(27)39-33(29)34-30(31)18-10-20-38-34/h1-23H. The largest absolute Gasteiger partial charge is 0.254 e. The summed E-state index contributed by atoms with van der Waals surface area (Å²) in [5.74, 6) is 1.91. The molecule has 8 rings (SSSR count). The van der Waals surface area contributed by atoms with E-state index in [4.69, 9.17) is 24.9 Å². The molecule has 0 aliphatic carbocycles. The summed E-state index contributed by atoms with van der Waals surface area (Å²) in [4.78, 5) is 24.5. The Balaban J connectivity index is 1.33. The predicted molar refractivity (Wildman–Crippen MR) is 170 cm³/mol. The number of aromatic nitrogens is 5. The average molecular weight is 538 g/mol. The van der Waals surface area contributed by atoms with Gasteiger partial charge in [0, 0.05) is 39.0 Å². The average Bonchev–Trinajstić information content (AvgIpc) is 3.08. The first-order valence-electron chi connectivity index (χ1n) is 13.9. The monoisotopic (exact) mass is 537 g/mol. The minimum atomic E-state index is 0.625. The van der Waals surface area contributed by atoms with Gasteiger partial charge in [-0.05, 0) is 41.5 Å². The molecule has 0 saturated heterocycles. The van der Waals surface area contributed by atoms with E-state index in [1.165, 1.54) is 0 Å². The number of benzene rings is 5. The lowest BCUT2D eigenvalue weighted by atomic mass is 9.96. The normalized spacial score (nSPS) is 11.3. The van der Waals surface area contributed by atoms with E-state index >= 15 is 0 Å². The van der Waals surface area contributed by atoms with Crippen LogP contribution in [0.15, 0.2) is 140 Å². The predicted octanol–water partition coefficient (Wildman–Crippen LogP) is 8.79. The Kier molecular flexibility index (Phi) is 5.71. The highest BCUT2D eigenvalue weighted by Gasteiger charge is 2.15. The van der Waals surface area contributed by atoms with E-state index in [-0.39, 0.29) is 0 Å². The lowest BCUT2D eigenvalue weighted by molar-refractivity contribution is 1.07. The van der Waals surface area contributed by atoms with Crippen molar-refractivity contribution in [2.75, 3.05) is 0 Å². The van der Waals surface area contributed by atoms with Gasteiger partial charge in [-0.2, -0.15) is 0 Å². The SMILES string of the molecule is c1ccc(-c2nc(-c3ccccc3)nc(-c3cccc(-c4cc5cc6ccccc6nc5c5ncccc45)c3)n2)cc1. The fourth-order valence-corrected chi connectivity index (χ4v) is 5.48. The van der Waals surface area contributed by atoms with Crippen molar-refractivity contribution in [1.29, 1.82) is 0 Å². The number of pyridine rings is 2. The highest BCUT2D eigenvalue weighted by molar-refractivity contribution is 6.12. The zero-order valence-corrected chi connectivity index (χ0v) is 22.5. The van der Waals surface area contributed by atoms with E-state index in [0.717, 1.165) is 60.5 Å². The molecule has 3 aromatic heterocycles. The number of nitrogens with zero attached hydrogens (tertiary/aromatic N) is 5. The molecule has 3 heterocycles. The molecule has 0 spiro atoms. The minimum Gasteiger partial charge on any atom is -0.254 e. The lowest BCUT2D eigenvalue weighted by Gasteiger charge is -2.12. The van der Waals surface area contributed by atoms with Crippen molar-refractivity contribution in [3.05, 3.63) is 140 Å². The summed E-state index contributed by atoms with van der Waals surface area (Å²) in [6.07, 6.45) is 1.83. The molecule has 8 aromatic rings. The third kappa shape index (κ3) is 4.25. The van der Waals surface area contributed by atoms with Crippen LogP contribution in [0, 0.1) is 0 Å². The molecule has 42 heavy (non-hydrogen) atoms. The van der Waals surface area contributed by atoms with Gasteiger partial charge in [0.25, 0.3) is 0 Å². The highest BCUT2D eigenvalue weighted by Crippen LogP contribution is 2.36. The number of hydrogen-bond acceptors (Lipinski definition) is 5. The van der Waals surface area contributed by atoms with Crippen molar-refractivity contribution in [1.82, 2.24) is 24.9 Å². The Bertz CT molecular complexity index is 2190. The Morgan fingerprint density at radius 3 is 1.74 bits per heavy atom. The third-order valence-electron chi connectivity index (χ3n) is 7.51. The van der Waals surface area contributed by atoms with Crippen molar-refractivity contribution in [2.45, 2.75) is 0 Å². The molecule has 0 saturated carbocycles. The molecule has 0 aliphatic rings. The third-order valence-corrected chi connectivity index (χ3v) is 7.51. The first-order valence-corrected chi connectivity index (χ1v) is 13.9. The molecular weight excluding hydrogens is 514 g/mol. The molecule has 0 fully saturated rings. The summed E-state index contributed by atoms with van der Waals surface area (Å²) in [7, 11) is 0. The number of para-hydroxylation sites is 1. The molecule has 0 radical (unpaired) electrons. The van der Waals surface area contributed by atoms with Crippen LogP contribution in [0.4, 0.5) is 0 Å². The molecule has 5 aromatic carbocycles. The van der Waals surface area contributed by atoms with Crippen molar-refractivity contribution >= 4 is 32.7 Å². The summed E-state index contributed by atoms with van der Waals surface area (Å²) >= 11 is 0. The van der Waals surface area contributed by atoms with Gasteiger partial charge in [-0.25, -0.2) is 19.9 Å². The number of fused-ring (bicyclic) bond motifs is 4. The van der Waals surface area contributed by atoms with Gasteiger partial charge < -0.3 is 0 Å². The van der Waals surface area contributed by atoms with Crippen LogP contribution in [0.2, 0.25) is 0 Å². The van der Waals surface area contributed by atoms with Gasteiger partial charge in [0.2, 0.25) is 0 Å². The molecule has 0 amide bonds. The summed E-state index contributed by atoms with van der Waals surface area (Å²) < 4.78 is 0. The Labute approximate surface area is 242 Å². The second-order valence-corrected chi connectivity index (χ2v) is 10.2. The molecule has 5 heteroatoms. The topological polar surface area (TPSA) is 64.5 Å². The lowest BCUT2D eigenvalue weighted by Crippen LogP contribution is -2.00. The van der Waals surface area contributed by atoms with Crippen LogP contribution in [0.25, 0.3) is 78.0 Å². The quantitative estimate of drug-likeness (QED) is 0.166. The maximum absolute atomic E-state index is 4.99. The summed E-state index contributed by atoms with van der Waals surface area (Å²) in [5, 5.41) is 3.21.